The smallest absolute Gasteiger partial charge is 0.318 e. The molecule has 1 atom stereocenters. The molecule has 0 saturated carbocycles. The van der Waals surface area contributed by atoms with Crippen LogP contribution < -0.4 is 5.32 Å². The number of aryl methyl sites for hydroxylation is 1. The summed E-state index contributed by atoms with van der Waals surface area (Å²) in [6.45, 7) is 4.01. The van der Waals surface area contributed by atoms with E-state index in [1.54, 1.807) is 6.07 Å². The van der Waals surface area contributed by atoms with Crippen molar-refractivity contribution >= 4 is 40.3 Å². The first-order valence-electron chi connectivity index (χ1n) is 9.52. The molecule has 0 unspecified atom stereocenters. The summed E-state index contributed by atoms with van der Waals surface area (Å²) < 4.78 is 2.13. The lowest BCUT2D eigenvalue weighted by Gasteiger charge is -2.25. The molecule has 3 aromatic rings. The first-order valence-corrected chi connectivity index (χ1v) is 10.3. The van der Waals surface area contributed by atoms with Crippen LogP contribution in [0.1, 0.15) is 37.2 Å². The van der Waals surface area contributed by atoms with Gasteiger partial charge >= 0.3 is 6.03 Å². The summed E-state index contributed by atoms with van der Waals surface area (Å²) in [6, 6.07) is 13.6. The zero-order valence-corrected chi connectivity index (χ0v) is 17.2. The van der Waals surface area contributed by atoms with Gasteiger partial charge in [-0.25, -0.2) is 9.78 Å². The lowest BCUT2D eigenvalue weighted by molar-refractivity contribution is 0.192. The van der Waals surface area contributed by atoms with Crippen molar-refractivity contribution in [1.82, 2.24) is 19.8 Å². The maximum atomic E-state index is 12.9. The zero-order valence-electron chi connectivity index (χ0n) is 15.7. The highest BCUT2D eigenvalue weighted by Crippen LogP contribution is 2.35. The number of nitrogens with one attached hydrogen (secondary N) is 1. The number of para-hydroxylation sites is 2. The van der Waals surface area contributed by atoms with Crippen molar-refractivity contribution in [2.75, 3.05) is 6.54 Å². The third kappa shape index (κ3) is 3.56. The van der Waals surface area contributed by atoms with Crippen molar-refractivity contribution in [2.45, 2.75) is 38.9 Å². The molecule has 1 aromatic heterocycles. The lowest BCUT2D eigenvalue weighted by Crippen LogP contribution is -2.39. The Balaban J connectivity index is 1.49. The molecule has 146 valence electrons. The first kappa shape index (κ1) is 19.1. The molecule has 5 nitrogen and oxygen atoms in total. The molecule has 2 aromatic carbocycles. The second-order valence-electron chi connectivity index (χ2n) is 6.94. The minimum absolute atomic E-state index is 0.0137. The van der Waals surface area contributed by atoms with E-state index in [4.69, 9.17) is 23.2 Å². The van der Waals surface area contributed by atoms with Crippen molar-refractivity contribution in [2.24, 2.45) is 0 Å². The summed E-state index contributed by atoms with van der Waals surface area (Å²) in [5.74, 6) is 0.863. The Hall–Kier alpha value is -2.24. The van der Waals surface area contributed by atoms with Gasteiger partial charge in [0.1, 0.15) is 5.82 Å². The van der Waals surface area contributed by atoms with E-state index in [0.29, 0.717) is 16.6 Å². The van der Waals surface area contributed by atoms with Crippen molar-refractivity contribution in [3.8, 4) is 0 Å². The van der Waals surface area contributed by atoms with Gasteiger partial charge in [0.2, 0.25) is 0 Å². The number of imidazole rings is 1. The van der Waals surface area contributed by atoms with Crippen LogP contribution in [0.15, 0.2) is 42.5 Å². The summed E-state index contributed by atoms with van der Waals surface area (Å²) in [7, 11) is 0. The highest BCUT2D eigenvalue weighted by molar-refractivity contribution is 6.42. The fourth-order valence-electron chi connectivity index (χ4n) is 3.95. The molecular weight excluding hydrogens is 395 g/mol. The summed E-state index contributed by atoms with van der Waals surface area (Å²) in [4.78, 5) is 19.4. The van der Waals surface area contributed by atoms with Crippen LogP contribution in [0, 0.1) is 0 Å². The summed E-state index contributed by atoms with van der Waals surface area (Å²) >= 11 is 12.2. The zero-order chi connectivity index (χ0) is 19.7. The number of hydrogen-bond donors (Lipinski definition) is 1. The Kier molecular flexibility index (Phi) is 5.47. The molecule has 1 N–H and O–H groups in total. The van der Waals surface area contributed by atoms with Crippen molar-refractivity contribution in [1.29, 1.82) is 0 Å². The summed E-state index contributed by atoms with van der Waals surface area (Å²) in [5.41, 5.74) is 3.05. The van der Waals surface area contributed by atoms with Crippen LogP contribution in [0.25, 0.3) is 11.0 Å². The van der Waals surface area contributed by atoms with Gasteiger partial charge in [0.05, 0.1) is 33.7 Å². The van der Waals surface area contributed by atoms with Gasteiger partial charge < -0.3 is 14.8 Å². The molecule has 1 aliphatic heterocycles. The predicted octanol–water partition coefficient (Wildman–Crippen LogP) is 5.41. The van der Waals surface area contributed by atoms with Crippen molar-refractivity contribution < 1.29 is 4.79 Å². The number of aromatic nitrogens is 2. The van der Waals surface area contributed by atoms with Gasteiger partial charge in [0.15, 0.2) is 0 Å². The average Bonchev–Trinajstić information content (AvgIpc) is 3.32. The molecule has 0 bridgehead atoms. The molecule has 2 heterocycles. The van der Waals surface area contributed by atoms with E-state index in [1.165, 1.54) is 0 Å². The largest absolute Gasteiger partial charge is 0.331 e. The Morgan fingerprint density at radius 3 is 2.82 bits per heavy atom. The number of likely N-dealkylation sites (tertiary alicyclic amines) is 1. The Bertz CT molecular complexity index is 1020. The molecule has 1 fully saturated rings. The number of nitrogens with zero attached hydrogens (tertiary/aromatic N) is 3. The van der Waals surface area contributed by atoms with Crippen LogP contribution in [0.4, 0.5) is 4.79 Å². The van der Waals surface area contributed by atoms with Gasteiger partial charge in [-0.1, -0.05) is 41.4 Å². The van der Waals surface area contributed by atoms with Gasteiger partial charge in [-0.05, 0) is 49.6 Å². The Morgan fingerprint density at radius 1 is 1.21 bits per heavy atom. The molecule has 0 spiro atoms. The van der Waals surface area contributed by atoms with E-state index in [-0.39, 0.29) is 12.1 Å². The molecule has 0 aliphatic carbocycles. The lowest BCUT2D eigenvalue weighted by atomic mass is 10.0. The van der Waals surface area contributed by atoms with E-state index >= 15 is 0 Å². The number of halogens is 2. The van der Waals surface area contributed by atoms with Crippen LogP contribution in [-0.2, 0) is 13.1 Å². The molecule has 4 rings (SSSR count). The van der Waals surface area contributed by atoms with Gasteiger partial charge in [0.25, 0.3) is 0 Å². The third-order valence-corrected chi connectivity index (χ3v) is 6.03. The van der Waals surface area contributed by atoms with Crippen LogP contribution in [-0.4, -0.2) is 27.0 Å². The number of carbonyl (C=O) groups excluding carboxylic acids is 1. The fourth-order valence-corrected chi connectivity index (χ4v) is 4.25. The predicted molar refractivity (Wildman–Crippen MR) is 113 cm³/mol. The second kappa shape index (κ2) is 8.02. The quantitative estimate of drug-likeness (QED) is 0.617. The normalized spacial score (nSPS) is 16.7. The first-order chi connectivity index (χ1) is 13.6. The molecule has 0 radical (unpaired) electrons. The van der Waals surface area contributed by atoms with E-state index < -0.39 is 0 Å². The Morgan fingerprint density at radius 2 is 2.04 bits per heavy atom. The molecule has 1 aliphatic rings. The minimum atomic E-state index is -0.0803. The summed E-state index contributed by atoms with van der Waals surface area (Å²) in [6.07, 6.45) is 1.88. The van der Waals surface area contributed by atoms with Gasteiger partial charge in [-0.15, -0.1) is 0 Å². The van der Waals surface area contributed by atoms with Crippen LogP contribution >= 0.6 is 23.2 Å². The standard InChI is InChI=1S/C21H22Cl2N4O/c1-2-26-19-7-4-3-6-17(19)25-20(26)13-24-21(28)27-11-5-8-18(27)14-9-10-15(22)16(23)12-14/h3-4,6-7,9-10,12,18H,2,5,8,11,13H2,1H3,(H,24,28)/t18-/m1/s1. The molecule has 2 amide bonds. The summed E-state index contributed by atoms with van der Waals surface area (Å²) in [5, 5.41) is 4.09. The van der Waals surface area contributed by atoms with Crippen molar-refractivity contribution in [3.63, 3.8) is 0 Å². The number of fused-ring (bicyclic) bond motifs is 1. The average molecular weight is 417 g/mol. The Labute approximate surface area is 174 Å². The molecule has 7 heteroatoms. The number of urea groups is 1. The molecule has 28 heavy (non-hydrogen) atoms. The molecule has 1 saturated heterocycles. The third-order valence-electron chi connectivity index (χ3n) is 5.29. The molecular formula is C21H22Cl2N4O. The van der Waals surface area contributed by atoms with E-state index in [1.807, 2.05) is 35.2 Å². The SMILES string of the molecule is CCn1c(CNC(=O)N2CCC[C@@H]2c2ccc(Cl)c(Cl)c2)nc2ccccc21. The van der Waals surface area contributed by atoms with Gasteiger partial charge in [-0.2, -0.15) is 0 Å². The van der Waals surface area contributed by atoms with E-state index in [0.717, 1.165) is 48.4 Å². The van der Waals surface area contributed by atoms with Crippen LogP contribution in [0.3, 0.4) is 0 Å². The topological polar surface area (TPSA) is 50.2 Å². The van der Waals surface area contributed by atoms with Gasteiger partial charge in [0, 0.05) is 13.1 Å². The van der Waals surface area contributed by atoms with E-state index in [2.05, 4.69) is 27.9 Å². The monoisotopic (exact) mass is 416 g/mol. The minimum Gasteiger partial charge on any atom is -0.331 e. The number of amides is 2. The maximum absolute atomic E-state index is 12.9. The van der Waals surface area contributed by atoms with E-state index in [9.17, 15) is 4.79 Å². The number of rotatable bonds is 4. The number of hydrogen-bond acceptors (Lipinski definition) is 2. The van der Waals surface area contributed by atoms with Gasteiger partial charge in [-0.3, -0.25) is 0 Å². The van der Waals surface area contributed by atoms with Crippen LogP contribution in [0.5, 0.6) is 0 Å². The van der Waals surface area contributed by atoms with Crippen LogP contribution in [0.2, 0.25) is 10.0 Å². The number of benzene rings is 2. The number of carbonyl (C=O) groups is 1. The fraction of sp³-hybridized carbons (Fsp3) is 0.333. The highest BCUT2D eigenvalue weighted by atomic mass is 35.5. The highest BCUT2D eigenvalue weighted by Gasteiger charge is 2.30. The second-order valence-corrected chi connectivity index (χ2v) is 7.76. The maximum Gasteiger partial charge on any atom is 0.318 e. The van der Waals surface area contributed by atoms with Crippen molar-refractivity contribution in [3.05, 3.63) is 63.9 Å².